The van der Waals surface area contributed by atoms with E-state index >= 15 is 0 Å². The zero-order valence-corrected chi connectivity index (χ0v) is 16.5. The molecule has 2 heterocycles. The van der Waals surface area contributed by atoms with Crippen molar-refractivity contribution in [3.05, 3.63) is 69.9 Å². The Morgan fingerprint density at radius 2 is 1.82 bits per heavy atom. The van der Waals surface area contributed by atoms with E-state index in [0.29, 0.717) is 28.7 Å². The molecule has 0 saturated heterocycles. The summed E-state index contributed by atoms with van der Waals surface area (Å²) in [5, 5.41) is 14.8. The Hall–Kier alpha value is -3.13. The molecule has 0 spiro atoms. The second kappa shape index (κ2) is 9.18. The van der Waals surface area contributed by atoms with E-state index in [1.165, 1.54) is 11.3 Å². The summed E-state index contributed by atoms with van der Waals surface area (Å²) in [6, 6.07) is 12.2. The van der Waals surface area contributed by atoms with Crippen LogP contribution in [0.3, 0.4) is 0 Å². The zero-order valence-electron chi connectivity index (χ0n) is 15.7. The highest BCUT2D eigenvalue weighted by Crippen LogP contribution is 2.16. The Morgan fingerprint density at radius 3 is 2.50 bits per heavy atom. The van der Waals surface area contributed by atoms with Crippen LogP contribution in [0.1, 0.15) is 44.7 Å². The van der Waals surface area contributed by atoms with Crippen LogP contribution in [0, 0.1) is 5.92 Å². The maximum absolute atomic E-state index is 12.3. The molecule has 0 radical (unpaired) electrons. The van der Waals surface area contributed by atoms with Gasteiger partial charge >= 0.3 is 0 Å². The Labute approximate surface area is 167 Å². The minimum Gasteiger partial charge on any atom is -0.346 e. The first-order valence-corrected chi connectivity index (χ1v) is 9.75. The first kappa shape index (κ1) is 19.6. The van der Waals surface area contributed by atoms with Gasteiger partial charge in [-0.15, -0.1) is 10.2 Å². The molecule has 2 N–H and O–H groups in total. The molecule has 0 unspecified atom stereocenters. The van der Waals surface area contributed by atoms with Crippen LogP contribution in [0.5, 0.6) is 0 Å². The molecule has 1 aromatic carbocycles. The molecule has 0 bridgehead atoms. The molecule has 3 aromatic rings. The molecule has 2 amide bonds. The van der Waals surface area contributed by atoms with E-state index in [9.17, 15) is 9.59 Å². The number of carbonyl (C=O) groups is 2. The van der Waals surface area contributed by atoms with Gasteiger partial charge in [0.1, 0.15) is 5.01 Å². The van der Waals surface area contributed by atoms with E-state index < -0.39 is 0 Å². The van der Waals surface area contributed by atoms with Gasteiger partial charge in [0, 0.05) is 23.9 Å². The molecule has 3 rings (SSSR count). The highest BCUT2D eigenvalue weighted by atomic mass is 32.1. The molecule has 0 aliphatic heterocycles. The first-order valence-electron chi connectivity index (χ1n) is 8.93. The summed E-state index contributed by atoms with van der Waals surface area (Å²) < 4.78 is 0. The molecule has 144 valence electrons. The fourth-order valence-corrected chi connectivity index (χ4v) is 3.39. The fourth-order valence-electron chi connectivity index (χ4n) is 2.44. The summed E-state index contributed by atoms with van der Waals surface area (Å²) in [6.07, 6.45) is 2.48. The molecular formula is C20H21N5O2S. The highest BCUT2D eigenvalue weighted by molar-refractivity contribution is 7.13. The van der Waals surface area contributed by atoms with Gasteiger partial charge in [-0.05, 0) is 42.3 Å². The number of aromatic nitrogens is 3. The predicted octanol–water partition coefficient (Wildman–Crippen LogP) is 3.31. The summed E-state index contributed by atoms with van der Waals surface area (Å²) in [5.74, 6) is -0.0499. The van der Waals surface area contributed by atoms with Crippen LogP contribution in [-0.4, -0.2) is 27.0 Å². The van der Waals surface area contributed by atoms with Crippen LogP contribution >= 0.6 is 11.3 Å². The number of amides is 2. The fraction of sp³-hybridized carbons (Fsp3) is 0.250. The smallest absolute Gasteiger partial charge is 0.286 e. The standard InChI is InChI=1S/C20H21N5O2S/c1-13(2)11-17-24-25-20(28-17)19(27)23-15-8-6-14(7-9-15)18(26)22-12-16-5-3-4-10-21-16/h3-10,13H,11-12H2,1-2H3,(H,22,26)(H,23,27). The topological polar surface area (TPSA) is 96.9 Å². The quantitative estimate of drug-likeness (QED) is 0.640. The van der Waals surface area contributed by atoms with Crippen molar-refractivity contribution in [3.63, 3.8) is 0 Å². The van der Waals surface area contributed by atoms with Crippen molar-refractivity contribution in [1.29, 1.82) is 0 Å². The Morgan fingerprint density at radius 1 is 1.04 bits per heavy atom. The number of benzene rings is 1. The van der Waals surface area contributed by atoms with E-state index in [-0.39, 0.29) is 11.8 Å². The van der Waals surface area contributed by atoms with E-state index in [1.54, 1.807) is 30.5 Å². The van der Waals surface area contributed by atoms with Crippen molar-refractivity contribution >= 4 is 28.8 Å². The molecule has 0 saturated carbocycles. The number of hydrogen-bond acceptors (Lipinski definition) is 6. The molecule has 0 fully saturated rings. The van der Waals surface area contributed by atoms with Crippen molar-refractivity contribution < 1.29 is 9.59 Å². The van der Waals surface area contributed by atoms with Crippen molar-refractivity contribution in [3.8, 4) is 0 Å². The molecule has 2 aromatic heterocycles. The molecular weight excluding hydrogens is 374 g/mol. The van der Waals surface area contributed by atoms with Gasteiger partial charge in [-0.2, -0.15) is 0 Å². The van der Waals surface area contributed by atoms with Crippen LogP contribution < -0.4 is 10.6 Å². The van der Waals surface area contributed by atoms with Crippen LogP contribution in [0.25, 0.3) is 0 Å². The summed E-state index contributed by atoms with van der Waals surface area (Å²) >= 11 is 1.30. The van der Waals surface area contributed by atoms with Crippen molar-refractivity contribution in [2.75, 3.05) is 5.32 Å². The van der Waals surface area contributed by atoms with Gasteiger partial charge in [-0.3, -0.25) is 14.6 Å². The highest BCUT2D eigenvalue weighted by Gasteiger charge is 2.14. The van der Waals surface area contributed by atoms with Gasteiger partial charge < -0.3 is 10.6 Å². The monoisotopic (exact) mass is 395 g/mol. The first-order chi connectivity index (χ1) is 13.5. The number of rotatable bonds is 7. The van der Waals surface area contributed by atoms with Crippen LogP contribution in [0.15, 0.2) is 48.7 Å². The Balaban J connectivity index is 1.55. The third-order valence-corrected chi connectivity index (χ3v) is 4.75. The van der Waals surface area contributed by atoms with Gasteiger partial charge in [-0.25, -0.2) is 0 Å². The normalized spacial score (nSPS) is 10.7. The van der Waals surface area contributed by atoms with Gasteiger partial charge in [0.25, 0.3) is 11.8 Å². The van der Waals surface area contributed by atoms with Gasteiger partial charge in [-0.1, -0.05) is 31.3 Å². The van der Waals surface area contributed by atoms with Crippen LogP contribution in [0.4, 0.5) is 5.69 Å². The number of anilines is 1. The van der Waals surface area contributed by atoms with Crippen molar-refractivity contribution in [1.82, 2.24) is 20.5 Å². The molecule has 0 aliphatic carbocycles. The molecule has 8 heteroatoms. The summed E-state index contributed by atoms with van der Waals surface area (Å²) in [7, 11) is 0. The number of nitrogens with zero attached hydrogens (tertiary/aromatic N) is 3. The van der Waals surface area contributed by atoms with Crippen LogP contribution in [0.2, 0.25) is 0 Å². The third kappa shape index (κ3) is 5.43. The molecule has 28 heavy (non-hydrogen) atoms. The van der Waals surface area contributed by atoms with Crippen LogP contribution in [-0.2, 0) is 13.0 Å². The average molecular weight is 395 g/mol. The Kier molecular flexibility index (Phi) is 6.44. The number of nitrogens with one attached hydrogen (secondary N) is 2. The summed E-state index contributed by atoms with van der Waals surface area (Å²) in [6.45, 7) is 4.54. The predicted molar refractivity (Wildman–Crippen MR) is 108 cm³/mol. The van der Waals surface area contributed by atoms with Crippen molar-refractivity contribution in [2.45, 2.75) is 26.8 Å². The van der Waals surface area contributed by atoms with Crippen molar-refractivity contribution in [2.24, 2.45) is 5.92 Å². The average Bonchev–Trinajstić information content (AvgIpc) is 3.15. The molecule has 0 atom stereocenters. The minimum absolute atomic E-state index is 0.203. The second-order valence-corrected chi connectivity index (χ2v) is 7.70. The van der Waals surface area contributed by atoms with Gasteiger partial charge in [0.05, 0.1) is 12.2 Å². The van der Waals surface area contributed by atoms with E-state index in [0.717, 1.165) is 17.1 Å². The SMILES string of the molecule is CC(C)Cc1nnc(C(=O)Nc2ccc(C(=O)NCc3ccccn3)cc2)s1. The maximum atomic E-state index is 12.3. The summed E-state index contributed by atoms with van der Waals surface area (Å²) in [5.41, 5.74) is 1.88. The lowest BCUT2D eigenvalue weighted by Crippen LogP contribution is -2.23. The van der Waals surface area contributed by atoms with E-state index in [1.807, 2.05) is 18.2 Å². The number of pyridine rings is 1. The number of carbonyl (C=O) groups excluding carboxylic acids is 2. The lowest BCUT2D eigenvalue weighted by molar-refractivity contribution is 0.0950. The summed E-state index contributed by atoms with van der Waals surface area (Å²) in [4.78, 5) is 28.7. The lowest BCUT2D eigenvalue weighted by Gasteiger charge is -2.06. The second-order valence-electron chi connectivity index (χ2n) is 6.63. The van der Waals surface area contributed by atoms with Gasteiger partial charge in [0.15, 0.2) is 0 Å². The Bertz CT molecular complexity index is 939. The zero-order chi connectivity index (χ0) is 19.9. The third-order valence-electron chi connectivity index (χ3n) is 3.81. The maximum Gasteiger partial charge on any atom is 0.286 e. The van der Waals surface area contributed by atoms with E-state index in [4.69, 9.17) is 0 Å². The molecule has 7 nitrogen and oxygen atoms in total. The lowest BCUT2D eigenvalue weighted by atomic mass is 10.1. The minimum atomic E-state index is -0.306. The van der Waals surface area contributed by atoms with E-state index in [2.05, 4.69) is 39.7 Å². The molecule has 0 aliphatic rings. The van der Waals surface area contributed by atoms with Gasteiger partial charge in [0.2, 0.25) is 5.01 Å². The largest absolute Gasteiger partial charge is 0.346 e. The number of hydrogen-bond donors (Lipinski definition) is 2.